The van der Waals surface area contributed by atoms with Crippen LogP contribution in [0.4, 0.5) is 11.5 Å². The van der Waals surface area contributed by atoms with Gasteiger partial charge in [0.2, 0.25) is 0 Å². The molecule has 3 aromatic rings. The van der Waals surface area contributed by atoms with Gasteiger partial charge in [0.1, 0.15) is 5.75 Å². The molecule has 3 aliphatic rings. The average Bonchev–Trinajstić information content (AvgIpc) is 3.20. The van der Waals surface area contributed by atoms with Crippen molar-refractivity contribution in [1.82, 2.24) is 25.3 Å². The molecule has 0 amide bonds. The highest BCUT2D eigenvalue weighted by Crippen LogP contribution is 2.39. The SMILES string of the molecule is CN1CCCN([C@@H]2C[C@H]3CCC[C@@H](C2)N3)c2nnc(-c3ccc(-c4cnn(C)c4)cc3O)cc21. The van der Waals surface area contributed by atoms with E-state index >= 15 is 0 Å². The number of benzene rings is 1. The normalized spacial score (nSPS) is 24.6. The zero-order valence-electron chi connectivity index (χ0n) is 20.0. The average molecular weight is 460 g/mol. The van der Waals surface area contributed by atoms with E-state index in [2.05, 4.69) is 38.4 Å². The Hall–Kier alpha value is -3.13. The molecule has 2 N–H and O–H groups in total. The number of aromatic hydroxyl groups is 1. The first kappa shape index (κ1) is 21.4. The fourth-order valence-corrected chi connectivity index (χ4v) is 6.04. The molecule has 6 rings (SSSR count). The van der Waals surface area contributed by atoms with Crippen LogP contribution in [0.15, 0.2) is 36.7 Å². The lowest BCUT2D eigenvalue weighted by Gasteiger charge is -2.44. The van der Waals surface area contributed by atoms with E-state index in [9.17, 15) is 5.11 Å². The fraction of sp³-hybridized carbons (Fsp3) is 0.500. The number of piperidine rings is 2. The van der Waals surface area contributed by atoms with Crippen molar-refractivity contribution in [2.75, 3.05) is 29.9 Å². The minimum absolute atomic E-state index is 0.204. The van der Waals surface area contributed by atoms with Crippen LogP contribution < -0.4 is 15.1 Å². The van der Waals surface area contributed by atoms with Gasteiger partial charge in [0.05, 0.1) is 17.6 Å². The van der Waals surface area contributed by atoms with Crippen molar-refractivity contribution in [2.24, 2.45) is 7.05 Å². The van der Waals surface area contributed by atoms with Crippen LogP contribution in [0.5, 0.6) is 5.75 Å². The second kappa shape index (κ2) is 8.58. The number of hydrogen-bond acceptors (Lipinski definition) is 7. The van der Waals surface area contributed by atoms with E-state index in [0.29, 0.717) is 29.4 Å². The number of aromatic nitrogens is 4. The van der Waals surface area contributed by atoms with Crippen molar-refractivity contribution in [2.45, 2.75) is 56.7 Å². The highest BCUT2D eigenvalue weighted by molar-refractivity contribution is 5.78. The number of hydrogen-bond donors (Lipinski definition) is 2. The predicted octanol–water partition coefficient (Wildman–Crippen LogP) is 3.57. The van der Waals surface area contributed by atoms with Crippen molar-refractivity contribution in [3.8, 4) is 28.1 Å². The zero-order valence-corrected chi connectivity index (χ0v) is 20.0. The molecule has 2 aromatic heterocycles. The van der Waals surface area contributed by atoms with Crippen molar-refractivity contribution in [3.05, 3.63) is 36.7 Å². The minimum atomic E-state index is 0.204. The van der Waals surface area contributed by atoms with E-state index < -0.39 is 0 Å². The topological polar surface area (TPSA) is 82.3 Å². The molecule has 0 spiro atoms. The fourth-order valence-electron chi connectivity index (χ4n) is 6.04. The summed E-state index contributed by atoms with van der Waals surface area (Å²) in [6.07, 6.45) is 11.1. The smallest absolute Gasteiger partial charge is 0.175 e. The van der Waals surface area contributed by atoms with Gasteiger partial charge in [-0.25, -0.2) is 0 Å². The number of phenols is 1. The summed E-state index contributed by atoms with van der Waals surface area (Å²) in [5.41, 5.74) is 4.40. The Morgan fingerprint density at radius 3 is 2.53 bits per heavy atom. The Balaban J connectivity index is 1.33. The maximum atomic E-state index is 10.9. The molecule has 2 fully saturated rings. The molecule has 3 atom stereocenters. The van der Waals surface area contributed by atoms with E-state index in [1.165, 1.54) is 32.1 Å². The van der Waals surface area contributed by atoms with Crippen LogP contribution in [0, 0.1) is 0 Å². The lowest BCUT2D eigenvalue weighted by Crippen LogP contribution is -2.55. The van der Waals surface area contributed by atoms with Gasteiger partial charge in [0.15, 0.2) is 5.82 Å². The first-order valence-electron chi connectivity index (χ1n) is 12.5. The maximum absolute atomic E-state index is 10.9. The highest BCUT2D eigenvalue weighted by Gasteiger charge is 2.36. The summed E-state index contributed by atoms with van der Waals surface area (Å²) in [6.45, 7) is 2.00. The molecule has 3 aliphatic heterocycles. The Kier molecular flexibility index (Phi) is 5.40. The molecular weight excluding hydrogens is 426 g/mol. The Labute approximate surface area is 200 Å². The summed E-state index contributed by atoms with van der Waals surface area (Å²) in [6, 6.07) is 9.58. The number of fused-ring (bicyclic) bond motifs is 3. The molecule has 178 valence electrons. The number of nitrogens with zero attached hydrogens (tertiary/aromatic N) is 6. The molecule has 0 aliphatic carbocycles. The van der Waals surface area contributed by atoms with Crippen LogP contribution in [0.1, 0.15) is 38.5 Å². The summed E-state index contributed by atoms with van der Waals surface area (Å²) in [7, 11) is 4.02. The molecule has 5 heterocycles. The van der Waals surface area contributed by atoms with E-state index in [0.717, 1.165) is 42.1 Å². The standard InChI is InChI=1S/C26H33N7O/c1-31-9-4-10-33(21-12-19-5-3-6-20(13-21)28-19)26-24(31)14-23(29-30-26)22-8-7-17(11-25(22)34)18-15-27-32(2)16-18/h7-8,11,14-16,19-21,28,34H,3-6,9-10,12-13H2,1-2H3/t19-,20+,21-. The molecule has 0 radical (unpaired) electrons. The molecule has 2 bridgehead atoms. The van der Waals surface area contributed by atoms with Gasteiger partial charge in [-0.15, -0.1) is 10.2 Å². The van der Waals surface area contributed by atoms with Gasteiger partial charge in [0.25, 0.3) is 0 Å². The molecule has 8 heteroatoms. The molecule has 0 unspecified atom stereocenters. The Morgan fingerprint density at radius 2 is 1.79 bits per heavy atom. The second-order valence-corrected chi connectivity index (χ2v) is 10.2. The summed E-state index contributed by atoms with van der Waals surface area (Å²) >= 11 is 0. The Morgan fingerprint density at radius 1 is 0.971 bits per heavy atom. The second-order valence-electron chi connectivity index (χ2n) is 10.2. The van der Waals surface area contributed by atoms with Crippen LogP contribution >= 0.6 is 0 Å². The number of anilines is 2. The largest absolute Gasteiger partial charge is 0.507 e. The van der Waals surface area contributed by atoms with E-state index in [1.54, 1.807) is 16.9 Å². The molecule has 1 aromatic carbocycles. The molecule has 8 nitrogen and oxygen atoms in total. The van der Waals surface area contributed by atoms with Crippen LogP contribution in [-0.4, -0.2) is 63.3 Å². The van der Waals surface area contributed by atoms with Crippen molar-refractivity contribution in [1.29, 1.82) is 0 Å². The summed E-state index contributed by atoms with van der Waals surface area (Å²) in [5.74, 6) is 1.19. The zero-order chi connectivity index (χ0) is 23.2. The van der Waals surface area contributed by atoms with Gasteiger partial charge in [0, 0.05) is 62.6 Å². The number of aryl methyl sites for hydroxylation is 1. The molecule has 2 saturated heterocycles. The lowest BCUT2D eigenvalue weighted by atomic mass is 9.83. The van der Waals surface area contributed by atoms with Gasteiger partial charge < -0.3 is 20.2 Å². The van der Waals surface area contributed by atoms with Gasteiger partial charge in [-0.2, -0.15) is 5.10 Å². The van der Waals surface area contributed by atoms with E-state index in [4.69, 9.17) is 5.10 Å². The van der Waals surface area contributed by atoms with Crippen molar-refractivity contribution >= 4 is 11.5 Å². The van der Waals surface area contributed by atoms with Crippen LogP contribution in [0.3, 0.4) is 0 Å². The van der Waals surface area contributed by atoms with Gasteiger partial charge >= 0.3 is 0 Å². The third kappa shape index (κ3) is 3.90. The first-order chi connectivity index (χ1) is 16.5. The highest BCUT2D eigenvalue weighted by atomic mass is 16.3. The lowest BCUT2D eigenvalue weighted by molar-refractivity contribution is 0.216. The minimum Gasteiger partial charge on any atom is -0.507 e. The third-order valence-corrected chi connectivity index (χ3v) is 7.77. The number of rotatable bonds is 3. The van der Waals surface area contributed by atoms with E-state index in [1.807, 2.05) is 25.4 Å². The summed E-state index contributed by atoms with van der Waals surface area (Å²) in [5, 5.41) is 28.3. The predicted molar refractivity (Wildman–Crippen MR) is 134 cm³/mol. The Bertz CT molecular complexity index is 1180. The maximum Gasteiger partial charge on any atom is 0.175 e. The number of nitrogens with one attached hydrogen (secondary N) is 1. The number of phenolic OH excluding ortho intramolecular Hbond substituents is 1. The summed E-state index contributed by atoms with van der Waals surface area (Å²) < 4.78 is 1.76. The van der Waals surface area contributed by atoms with Gasteiger partial charge in [-0.1, -0.05) is 12.5 Å². The quantitative estimate of drug-likeness (QED) is 0.620. The molecular formula is C26H33N7O. The van der Waals surface area contributed by atoms with Gasteiger partial charge in [-0.3, -0.25) is 4.68 Å². The van der Waals surface area contributed by atoms with Crippen molar-refractivity contribution in [3.63, 3.8) is 0 Å². The monoisotopic (exact) mass is 459 g/mol. The van der Waals surface area contributed by atoms with Crippen LogP contribution in [0.2, 0.25) is 0 Å². The molecule has 34 heavy (non-hydrogen) atoms. The van der Waals surface area contributed by atoms with Crippen LogP contribution in [-0.2, 0) is 7.05 Å². The third-order valence-electron chi connectivity index (χ3n) is 7.77. The molecule has 0 saturated carbocycles. The van der Waals surface area contributed by atoms with E-state index in [-0.39, 0.29) is 5.75 Å². The summed E-state index contributed by atoms with van der Waals surface area (Å²) in [4.78, 5) is 4.81. The first-order valence-corrected chi connectivity index (χ1v) is 12.5. The van der Waals surface area contributed by atoms with Gasteiger partial charge in [-0.05, 0) is 55.9 Å². The van der Waals surface area contributed by atoms with Crippen molar-refractivity contribution < 1.29 is 5.11 Å². The van der Waals surface area contributed by atoms with Crippen LogP contribution in [0.25, 0.3) is 22.4 Å².